The summed E-state index contributed by atoms with van der Waals surface area (Å²) >= 11 is 1.24. The Morgan fingerprint density at radius 1 is 1.02 bits per heavy atom. The maximum Gasteiger partial charge on any atom is 0.338 e. The highest BCUT2D eigenvalue weighted by molar-refractivity contribution is 7.07. The summed E-state index contributed by atoms with van der Waals surface area (Å²) in [4.78, 5) is 32.2. The van der Waals surface area contributed by atoms with E-state index in [0.29, 0.717) is 37.4 Å². The minimum Gasteiger partial charge on any atom is -0.463 e. The largest absolute Gasteiger partial charge is 0.463 e. The summed E-state index contributed by atoms with van der Waals surface area (Å²) in [5.41, 5.74) is 4.27. The van der Waals surface area contributed by atoms with Crippen molar-refractivity contribution >= 4 is 29.5 Å². The van der Waals surface area contributed by atoms with Gasteiger partial charge in [-0.05, 0) is 61.9 Å². The van der Waals surface area contributed by atoms with Gasteiger partial charge in [-0.15, -0.1) is 0 Å². The van der Waals surface area contributed by atoms with E-state index < -0.39 is 12.0 Å². The Hall–Kier alpha value is -5.15. The second-order valence-electron chi connectivity index (χ2n) is 9.83. The van der Waals surface area contributed by atoms with Gasteiger partial charge in [0, 0.05) is 17.3 Å². The van der Waals surface area contributed by atoms with Gasteiger partial charge >= 0.3 is 5.97 Å². The maximum absolute atomic E-state index is 14.0. The minimum atomic E-state index is -0.707. The van der Waals surface area contributed by atoms with Crippen LogP contribution in [0.2, 0.25) is 0 Å². The number of hydrogen-bond donors (Lipinski definition) is 0. The predicted molar refractivity (Wildman–Crippen MR) is 166 cm³/mol. The van der Waals surface area contributed by atoms with E-state index in [1.54, 1.807) is 36.7 Å². The number of hydrogen-bond acceptors (Lipinski definition) is 6. The van der Waals surface area contributed by atoms with Crippen molar-refractivity contribution < 1.29 is 13.9 Å². The molecule has 0 aliphatic carbocycles. The van der Waals surface area contributed by atoms with E-state index in [0.717, 1.165) is 11.3 Å². The number of fused-ring (bicyclic) bond motifs is 1. The quantitative estimate of drug-likeness (QED) is 0.236. The molecule has 1 aliphatic heterocycles. The number of nitrogens with zero attached hydrogens (tertiary/aromatic N) is 4. The van der Waals surface area contributed by atoms with Gasteiger partial charge < -0.3 is 4.74 Å². The van der Waals surface area contributed by atoms with Crippen molar-refractivity contribution in [2.24, 2.45) is 4.99 Å². The number of esters is 1. The van der Waals surface area contributed by atoms with Gasteiger partial charge in [0.25, 0.3) is 5.56 Å². The normalized spacial score (nSPS) is 15.0. The maximum atomic E-state index is 14.0. The average Bonchev–Trinajstić information content (AvgIpc) is 3.57. The molecule has 0 amide bonds. The standard InChI is InChI=1S/C34H27FN4O3S/c1-3-42-33(41)30-22(2)36-34-39(28(30)19-14-23-10-6-4-7-11-23)32(40)29(43-34)20-25-21-38(27-12-8-5-9-13-27)37-31(25)24-15-17-26(35)18-16-24/h4-21,28H,3H2,1-2H3/b19-14+,29-20-/t28-/m1/s1. The zero-order valence-electron chi connectivity index (χ0n) is 23.5. The zero-order valence-corrected chi connectivity index (χ0v) is 24.3. The van der Waals surface area contributed by atoms with Crippen molar-refractivity contribution in [3.05, 3.63) is 145 Å². The van der Waals surface area contributed by atoms with E-state index >= 15 is 0 Å². The second kappa shape index (κ2) is 12.0. The van der Waals surface area contributed by atoms with Gasteiger partial charge in [-0.3, -0.25) is 9.36 Å². The number of benzene rings is 3. The first-order valence-electron chi connectivity index (χ1n) is 13.8. The predicted octanol–water partition coefficient (Wildman–Crippen LogP) is 5.46. The van der Waals surface area contributed by atoms with Crippen LogP contribution in [0.4, 0.5) is 4.39 Å². The van der Waals surface area contributed by atoms with Crippen molar-refractivity contribution in [3.8, 4) is 16.9 Å². The second-order valence-corrected chi connectivity index (χ2v) is 10.8. The molecular formula is C34H27FN4O3S. The van der Waals surface area contributed by atoms with E-state index in [9.17, 15) is 14.0 Å². The fourth-order valence-corrected chi connectivity index (χ4v) is 6.01. The zero-order chi connectivity index (χ0) is 29.9. The highest BCUT2D eigenvalue weighted by atomic mass is 32.1. The fourth-order valence-electron chi connectivity index (χ4n) is 4.96. The summed E-state index contributed by atoms with van der Waals surface area (Å²) in [6, 6.07) is 24.7. The number of carbonyl (C=O) groups is 1. The van der Waals surface area contributed by atoms with E-state index in [1.165, 1.54) is 28.0 Å². The number of thiazole rings is 1. The van der Waals surface area contributed by atoms with Gasteiger partial charge in [-0.1, -0.05) is 72.0 Å². The first kappa shape index (κ1) is 28.0. The van der Waals surface area contributed by atoms with Crippen molar-refractivity contribution in [2.75, 3.05) is 6.61 Å². The van der Waals surface area contributed by atoms with Crippen LogP contribution in [0.3, 0.4) is 0 Å². The highest BCUT2D eigenvalue weighted by Crippen LogP contribution is 2.27. The van der Waals surface area contributed by atoms with Crippen molar-refractivity contribution in [2.45, 2.75) is 19.9 Å². The number of para-hydroxylation sites is 1. The molecule has 7 nitrogen and oxygen atoms in total. The van der Waals surface area contributed by atoms with Crippen LogP contribution < -0.4 is 14.9 Å². The molecule has 2 aromatic heterocycles. The number of ether oxygens (including phenoxy) is 1. The lowest BCUT2D eigenvalue weighted by molar-refractivity contribution is -0.139. The molecule has 1 atom stereocenters. The monoisotopic (exact) mass is 590 g/mol. The fraction of sp³-hybridized carbons (Fsp3) is 0.118. The molecule has 0 spiro atoms. The molecule has 3 heterocycles. The van der Waals surface area contributed by atoms with Crippen LogP contribution in [0, 0.1) is 5.82 Å². The molecular weight excluding hydrogens is 563 g/mol. The van der Waals surface area contributed by atoms with Gasteiger partial charge in [0.15, 0.2) is 4.80 Å². The average molecular weight is 591 g/mol. The summed E-state index contributed by atoms with van der Waals surface area (Å²) in [5.74, 6) is -0.860. The van der Waals surface area contributed by atoms with Gasteiger partial charge in [0.05, 0.1) is 34.1 Å². The molecule has 5 aromatic rings. The van der Waals surface area contributed by atoms with Crippen LogP contribution in [-0.2, 0) is 9.53 Å². The minimum absolute atomic E-state index is 0.201. The summed E-state index contributed by atoms with van der Waals surface area (Å²) in [6.07, 6.45) is 7.33. The SMILES string of the molecule is CCOC(=O)C1=C(C)N=c2s/c(=C\c3cn(-c4ccccc4)nc3-c3ccc(F)cc3)c(=O)n2[C@@H]1/C=C/c1ccccc1. The Kier molecular flexibility index (Phi) is 7.81. The topological polar surface area (TPSA) is 78.5 Å². The summed E-state index contributed by atoms with van der Waals surface area (Å²) in [7, 11) is 0. The molecule has 0 bridgehead atoms. The summed E-state index contributed by atoms with van der Waals surface area (Å²) in [5, 5.41) is 4.79. The molecule has 0 N–H and O–H groups in total. The van der Waals surface area contributed by atoms with Gasteiger partial charge in [-0.25, -0.2) is 18.9 Å². The van der Waals surface area contributed by atoms with Crippen LogP contribution >= 0.6 is 11.3 Å². The smallest absolute Gasteiger partial charge is 0.338 e. The Balaban J connectivity index is 1.52. The third-order valence-electron chi connectivity index (χ3n) is 7.00. The molecule has 9 heteroatoms. The van der Waals surface area contributed by atoms with Crippen LogP contribution in [0.5, 0.6) is 0 Å². The third-order valence-corrected chi connectivity index (χ3v) is 7.98. The van der Waals surface area contributed by atoms with Crippen molar-refractivity contribution in [1.29, 1.82) is 0 Å². The number of rotatable bonds is 7. The van der Waals surface area contributed by atoms with Gasteiger partial charge in [0.2, 0.25) is 0 Å². The van der Waals surface area contributed by atoms with Gasteiger partial charge in [0.1, 0.15) is 11.5 Å². The first-order valence-corrected chi connectivity index (χ1v) is 14.6. The Morgan fingerprint density at radius 3 is 2.42 bits per heavy atom. The number of aromatic nitrogens is 3. The lowest BCUT2D eigenvalue weighted by Crippen LogP contribution is -2.38. The molecule has 214 valence electrons. The highest BCUT2D eigenvalue weighted by Gasteiger charge is 2.30. The molecule has 3 aromatic carbocycles. The molecule has 43 heavy (non-hydrogen) atoms. The summed E-state index contributed by atoms with van der Waals surface area (Å²) < 4.78 is 22.8. The van der Waals surface area contributed by atoms with Crippen molar-refractivity contribution in [1.82, 2.24) is 14.3 Å². The molecule has 0 saturated heterocycles. The van der Waals surface area contributed by atoms with Crippen LogP contribution in [0.1, 0.15) is 31.0 Å². The Bertz CT molecular complexity index is 2040. The van der Waals surface area contributed by atoms with Crippen molar-refractivity contribution in [3.63, 3.8) is 0 Å². The molecule has 0 fully saturated rings. The molecule has 0 radical (unpaired) electrons. The van der Waals surface area contributed by atoms with Crippen LogP contribution in [0.25, 0.3) is 29.1 Å². The lowest BCUT2D eigenvalue weighted by atomic mass is 10.0. The number of halogens is 1. The number of carbonyl (C=O) groups excluding carboxylic acids is 1. The van der Waals surface area contributed by atoms with Crippen LogP contribution in [-0.4, -0.2) is 26.9 Å². The van der Waals surface area contributed by atoms with E-state index in [4.69, 9.17) is 9.84 Å². The van der Waals surface area contributed by atoms with E-state index in [2.05, 4.69) is 4.99 Å². The lowest BCUT2D eigenvalue weighted by Gasteiger charge is -2.21. The molecule has 0 saturated carbocycles. The molecule has 0 unspecified atom stereocenters. The Morgan fingerprint density at radius 2 is 1.72 bits per heavy atom. The van der Waals surface area contributed by atoms with E-state index in [1.807, 2.05) is 79.0 Å². The van der Waals surface area contributed by atoms with E-state index in [-0.39, 0.29) is 18.0 Å². The van der Waals surface area contributed by atoms with Gasteiger partial charge in [-0.2, -0.15) is 5.10 Å². The Labute approximate surface area is 250 Å². The third kappa shape index (κ3) is 5.67. The molecule has 6 rings (SSSR count). The summed E-state index contributed by atoms with van der Waals surface area (Å²) in [6.45, 7) is 3.70. The first-order chi connectivity index (χ1) is 20.9. The number of allylic oxidation sites excluding steroid dienone is 2. The molecule has 1 aliphatic rings. The van der Waals surface area contributed by atoms with Crippen LogP contribution in [0.15, 0.2) is 118 Å².